The fraction of sp³-hybridized carbons (Fsp3) is 0.276. The zero-order valence-corrected chi connectivity index (χ0v) is 23.0. The fourth-order valence-electron chi connectivity index (χ4n) is 5.32. The number of thiophene rings is 1. The van der Waals surface area contributed by atoms with Crippen LogP contribution in [0.5, 0.6) is 0 Å². The maximum atomic E-state index is 13.9. The minimum Gasteiger partial charge on any atom is -0.477 e. The second-order valence-electron chi connectivity index (χ2n) is 10.3. The Morgan fingerprint density at radius 1 is 1.14 bits per heavy atom. The third-order valence-corrected chi connectivity index (χ3v) is 8.63. The van der Waals surface area contributed by atoms with E-state index >= 15 is 0 Å². The van der Waals surface area contributed by atoms with Crippen LogP contribution in [0.15, 0.2) is 54.6 Å². The Morgan fingerprint density at radius 3 is 2.57 bits per heavy atom. The lowest BCUT2D eigenvalue weighted by Crippen LogP contribution is -2.44. The molecule has 1 fully saturated rings. The number of aromatic nitrogens is 3. The van der Waals surface area contributed by atoms with Gasteiger partial charge in [-0.25, -0.2) is 14.8 Å². The smallest absolute Gasteiger partial charge is 0.417 e. The Morgan fingerprint density at radius 2 is 1.88 bits per heavy atom. The van der Waals surface area contributed by atoms with Crippen LogP contribution in [0.2, 0.25) is 0 Å². The number of anilines is 2. The number of pyridine rings is 1. The molecule has 218 valence electrons. The summed E-state index contributed by atoms with van der Waals surface area (Å²) in [5, 5.41) is 23.2. The van der Waals surface area contributed by atoms with Gasteiger partial charge in [0.1, 0.15) is 21.3 Å². The van der Waals surface area contributed by atoms with Crippen LogP contribution >= 0.6 is 11.3 Å². The van der Waals surface area contributed by atoms with E-state index in [-0.39, 0.29) is 27.0 Å². The maximum absolute atomic E-state index is 13.9. The van der Waals surface area contributed by atoms with E-state index in [1.165, 1.54) is 0 Å². The number of imidazole rings is 1. The second kappa shape index (κ2) is 10.9. The van der Waals surface area contributed by atoms with Gasteiger partial charge in [0.2, 0.25) is 0 Å². The van der Waals surface area contributed by atoms with Crippen LogP contribution in [-0.4, -0.2) is 56.8 Å². The number of nitrogens with one attached hydrogen (secondary N) is 2. The summed E-state index contributed by atoms with van der Waals surface area (Å²) in [5.41, 5.74) is 7.69. The van der Waals surface area contributed by atoms with E-state index < -0.39 is 29.5 Å². The first-order valence-electron chi connectivity index (χ1n) is 13.3. The quantitative estimate of drug-likeness (QED) is 0.168. The van der Waals surface area contributed by atoms with Crippen LogP contribution in [0.3, 0.4) is 0 Å². The van der Waals surface area contributed by atoms with Crippen molar-refractivity contribution in [2.45, 2.75) is 31.2 Å². The number of hydrogen-bond acceptors (Lipinski definition) is 8. The first kappa shape index (κ1) is 27.9. The molecule has 0 bridgehead atoms. The number of piperidine rings is 1. The van der Waals surface area contributed by atoms with Crippen molar-refractivity contribution >= 4 is 50.1 Å². The minimum absolute atomic E-state index is 0.0523. The number of alkyl halides is 3. The highest BCUT2D eigenvalue weighted by atomic mass is 32.1. The summed E-state index contributed by atoms with van der Waals surface area (Å²) in [6.45, 7) is 1.19. The number of halogens is 3. The molecule has 0 spiro atoms. The van der Waals surface area contributed by atoms with Crippen molar-refractivity contribution in [1.82, 2.24) is 20.3 Å². The summed E-state index contributed by atoms with van der Waals surface area (Å²) < 4.78 is 41.7. The molecule has 6 N–H and O–H groups in total. The molecule has 3 aromatic heterocycles. The molecular formula is C29H27F3N6O3S. The number of carboxylic acid groups (broad SMARTS) is 1. The van der Waals surface area contributed by atoms with E-state index in [4.69, 9.17) is 5.73 Å². The van der Waals surface area contributed by atoms with Gasteiger partial charge in [-0.05, 0) is 36.6 Å². The minimum atomic E-state index is -4.72. The summed E-state index contributed by atoms with van der Waals surface area (Å²) >= 11 is 0.642. The number of aliphatic hydroxyl groups excluding tert-OH is 1. The number of fused-ring (bicyclic) bond motifs is 2. The Balaban J connectivity index is 1.11. The van der Waals surface area contributed by atoms with E-state index in [2.05, 4.69) is 20.3 Å². The highest BCUT2D eigenvalue weighted by molar-refractivity contribution is 7.21. The number of carbonyl (C=O) groups is 1. The van der Waals surface area contributed by atoms with Gasteiger partial charge in [0, 0.05) is 36.6 Å². The number of aliphatic hydroxyl groups is 1. The zero-order chi connectivity index (χ0) is 29.6. The van der Waals surface area contributed by atoms with E-state index in [1.54, 1.807) is 4.90 Å². The van der Waals surface area contributed by atoms with Crippen LogP contribution < -0.4 is 16.0 Å². The third kappa shape index (κ3) is 5.38. The number of nitrogen functional groups attached to an aromatic ring is 1. The molecule has 1 aliphatic rings. The largest absolute Gasteiger partial charge is 0.477 e. The topological polar surface area (TPSA) is 140 Å². The van der Waals surface area contributed by atoms with Gasteiger partial charge in [0.25, 0.3) is 0 Å². The summed E-state index contributed by atoms with van der Waals surface area (Å²) in [4.78, 5) is 25.1. The highest BCUT2D eigenvalue weighted by Gasteiger charge is 2.37. The molecule has 1 atom stereocenters. The molecule has 0 saturated carbocycles. The highest BCUT2D eigenvalue weighted by Crippen LogP contribution is 2.43. The summed E-state index contributed by atoms with van der Waals surface area (Å²) in [7, 11) is 0. The predicted molar refractivity (Wildman–Crippen MR) is 156 cm³/mol. The first-order chi connectivity index (χ1) is 20.1. The Kier molecular flexibility index (Phi) is 7.25. The molecule has 0 amide bonds. The molecule has 6 rings (SSSR count). The lowest BCUT2D eigenvalue weighted by molar-refractivity contribution is -0.136. The van der Waals surface area contributed by atoms with Crippen LogP contribution in [-0.2, 0) is 6.18 Å². The molecule has 0 radical (unpaired) electrons. The molecule has 9 nitrogen and oxygen atoms in total. The van der Waals surface area contributed by atoms with Crippen LogP contribution in [0, 0.1) is 0 Å². The van der Waals surface area contributed by atoms with Gasteiger partial charge in [-0.2, -0.15) is 13.2 Å². The summed E-state index contributed by atoms with van der Waals surface area (Å²) in [6, 6.07) is 16.4. The lowest BCUT2D eigenvalue weighted by atomic mass is 10.0. The number of nitrogens with zero attached hydrogens (tertiary/aromatic N) is 3. The number of aromatic amines is 1. The van der Waals surface area contributed by atoms with Crippen molar-refractivity contribution in [2.24, 2.45) is 0 Å². The number of nitrogens with two attached hydrogens (primary N) is 1. The monoisotopic (exact) mass is 596 g/mol. The van der Waals surface area contributed by atoms with Gasteiger partial charge < -0.3 is 31.1 Å². The maximum Gasteiger partial charge on any atom is 0.417 e. The average molecular weight is 597 g/mol. The number of H-pyrrole nitrogens is 1. The van der Waals surface area contributed by atoms with Crippen molar-refractivity contribution in [3.05, 3.63) is 70.6 Å². The average Bonchev–Trinajstić information content (AvgIpc) is 3.56. The zero-order valence-electron chi connectivity index (χ0n) is 22.2. The fourth-order valence-corrected chi connectivity index (χ4v) is 6.28. The van der Waals surface area contributed by atoms with E-state index in [1.807, 2.05) is 48.5 Å². The van der Waals surface area contributed by atoms with Gasteiger partial charge in [0.05, 0.1) is 28.4 Å². The molecule has 1 unspecified atom stereocenters. The van der Waals surface area contributed by atoms with Crippen molar-refractivity contribution in [2.75, 3.05) is 30.3 Å². The molecule has 0 aliphatic carbocycles. The van der Waals surface area contributed by atoms with Crippen molar-refractivity contribution in [3.8, 4) is 11.4 Å². The first-order valence-corrected chi connectivity index (χ1v) is 14.1. The second-order valence-corrected chi connectivity index (χ2v) is 11.3. The van der Waals surface area contributed by atoms with E-state index in [0.29, 0.717) is 43.8 Å². The SMILES string of the molecule is Nc1c(C(=O)O)sc2nc(N3CCC(NCC(O)c4ccc5[nH]c(-c6ccccc6)nc5c4)CC3)cc(C(F)(F)F)c12. The molecule has 13 heteroatoms. The number of hydrogen-bond donors (Lipinski definition) is 5. The molecule has 2 aromatic carbocycles. The molecule has 42 heavy (non-hydrogen) atoms. The van der Waals surface area contributed by atoms with Gasteiger partial charge in [-0.1, -0.05) is 36.4 Å². The van der Waals surface area contributed by atoms with Gasteiger partial charge in [-0.3, -0.25) is 0 Å². The normalized spacial score (nSPS) is 15.5. The molecule has 1 saturated heterocycles. The summed E-state index contributed by atoms with van der Waals surface area (Å²) in [6.07, 6.45) is -4.24. The molecule has 1 aliphatic heterocycles. The van der Waals surface area contributed by atoms with Crippen LogP contribution in [0.1, 0.15) is 39.7 Å². The predicted octanol–water partition coefficient (Wildman–Crippen LogP) is 5.43. The number of rotatable bonds is 7. The molecule has 5 aromatic rings. The molecular weight excluding hydrogens is 569 g/mol. The summed E-state index contributed by atoms with van der Waals surface area (Å²) in [5.74, 6) is -0.503. The van der Waals surface area contributed by atoms with Gasteiger partial charge in [-0.15, -0.1) is 11.3 Å². The molecule has 4 heterocycles. The Hall–Kier alpha value is -4.20. The number of benzene rings is 2. The number of carboxylic acids is 1. The lowest BCUT2D eigenvalue weighted by Gasteiger charge is -2.34. The van der Waals surface area contributed by atoms with Crippen LogP contribution in [0.25, 0.3) is 32.6 Å². The van der Waals surface area contributed by atoms with Crippen molar-refractivity contribution < 1.29 is 28.2 Å². The standard InChI is InChI=1S/C29H27F3N6O3S/c30-29(31,32)18-13-22(37-27-23(18)24(33)25(42-27)28(40)41)38-10-8-17(9-11-38)34-14-21(39)16-6-7-19-20(12-16)36-26(35-19)15-4-2-1-3-5-15/h1-7,12-13,17,21,34,39H,8-11,14,33H2,(H,35,36)(H,40,41). The van der Waals surface area contributed by atoms with Crippen molar-refractivity contribution in [1.29, 1.82) is 0 Å². The number of aromatic carboxylic acids is 1. The van der Waals surface area contributed by atoms with E-state index in [0.717, 1.165) is 34.1 Å². The van der Waals surface area contributed by atoms with Crippen molar-refractivity contribution in [3.63, 3.8) is 0 Å². The van der Waals surface area contributed by atoms with Gasteiger partial charge in [0.15, 0.2) is 0 Å². The third-order valence-electron chi connectivity index (χ3n) is 7.54. The van der Waals surface area contributed by atoms with Gasteiger partial charge >= 0.3 is 12.1 Å². The van der Waals surface area contributed by atoms with E-state index in [9.17, 15) is 28.2 Å². The Bertz CT molecular complexity index is 1760. The Labute approximate surface area is 241 Å². The van der Waals surface area contributed by atoms with Crippen LogP contribution in [0.4, 0.5) is 24.7 Å².